The zero-order valence-electron chi connectivity index (χ0n) is 10.2. The Hall–Kier alpha value is -1.06. The van der Waals surface area contributed by atoms with Gasteiger partial charge in [0, 0.05) is 25.9 Å². The molecule has 1 aromatic heterocycles. The minimum atomic E-state index is 0.679. The molecule has 0 radical (unpaired) electrons. The third-order valence-electron chi connectivity index (χ3n) is 2.81. The van der Waals surface area contributed by atoms with Crippen LogP contribution in [0.3, 0.4) is 0 Å². The van der Waals surface area contributed by atoms with Crippen LogP contribution in [0.25, 0.3) is 11.1 Å². The molecule has 0 saturated carbocycles. The molecule has 17 heavy (non-hydrogen) atoms. The van der Waals surface area contributed by atoms with E-state index in [0.29, 0.717) is 5.88 Å². The molecule has 0 aliphatic rings. The maximum atomic E-state index is 5.69. The van der Waals surface area contributed by atoms with Crippen molar-refractivity contribution in [1.29, 1.82) is 0 Å². The number of hydrogen-bond acceptors (Lipinski definition) is 3. The van der Waals surface area contributed by atoms with Crippen molar-refractivity contribution in [2.24, 2.45) is 0 Å². The van der Waals surface area contributed by atoms with Gasteiger partial charge in [0.15, 0.2) is 11.5 Å². The topological polar surface area (TPSA) is 29.3 Å². The summed E-state index contributed by atoms with van der Waals surface area (Å²) in [5.41, 5.74) is 3.09. The maximum absolute atomic E-state index is 5.69. The molecule has 1 heterocycles. The SMILES string of the molecule is Cc1nc2cc(CCN(C)CCCl)ccc2o1. The van der Waals surface area contributed by atoms with Crippen molar-refractivity contribution in [3.8, 4) is 0 Å². The van der Waals surface area contributed by atoms with Crippen LogP contribution >= 0.6 is 11.6 Å². The van der Waals surface area contributed by atoms with Crippen molar-refractivity contribution in [3.05, 3.63) is 29.7 Å². The predicted octanol–water partition coefficient (Wildman–Crippen LogP) is 2.85. The second kappa shape index (κ2) is 5.52. The van der Waals surface area contributed by atoms with Crippen molar-refractivity contribution in [2.45, 2.75) is 13.3 Å². The number of likely N-dealkylation sites (N-methyl/N-ethyl adjacent to an activating group) is 1. The number of benzene rings is 1. The Morgan fingerprint density at radius 3 is 2.94 bits per heavy atom. The molecule has 4 heteroatoms. The second-order valence-electron chi connectivity index (χ2n) is 4.28. The van der Waals surface area contributed by atoms with Crippen LogP contribution < -0.4 is 0 Å². The van der Waals surface area contributed by atoms with E-state index in [-0.39, 0.29) is 0 Å². The molecular weight excluding hydrogens is 236 g/mol. The van der Waals surface area contributed by atoms with Crippen molar-refractivity contribution < 1.29 is 4.42 Å². The van der Waals surface area contributed by atoms with E-state index in [1.807, 2.05) is 13.0 Å². The Morgan fingerprint density at radius 1 is 1.35 bits per heavy atom. The van der Waals surface area contributed by atoms with Crippen molar-refractivity contribution in [3.63, 3.8) is 0 Å². The van der Waals surface area contributed by atoms with E-state index < -0.39 is 0 Å². The van der Waals surface area contributed by atoms with Crippen LogP contribution in [0.15, 0.2) is 22.6 Å². The average Bonchev–Trinajstić information content (AvgIpc) is 2.66. The van der Waals surface area contributed by atoms with Gasteiger partial charge in [-0.25, -0.2) is 4.98 Å². The molecule has 3 nitrogen and oxygen atoms in total. The summed E-state index contributed by atoms with van der Waals surface area (Å²) >= 11 is 5.69. The van der Waals surface area contributed by atoms with Crippen molar-refractivity contribution in [1.82, 2.24) is 9.88 Å². The van der Waals surface area contributed by atoms with Crippen LogP contribution in [0.1, 0.15) is 11.5 Å². The van der Waals surface area contributed by atoms with Gasteiger partial charge < -0.3 is 9.32 Å². The van der Waals surface area contributed by atoms with Crippen LogP contribution in [0.5, 0.6) is 0 Å². The van der Waals surface area contributed by atoms with Gasteiger partial charge in [0.25, 0.3) is 0 Å². The number of fused-ring (bicyclic) bond motifs is 1. The zero-order valence-corrected chi connectivity index (χ0v) is 11.0. The Balaban J connectivity index is 2.03. The van der Waals surface area contributed by atoms with Gasteiger partial charge in [0.1, 0.15) is 5.52 Å². The largest absolute Gasteiger partial charge is 0.441 e. The summed E-state index contributed by atoms with van der Waals surface area (Å²) < 4.78 is 5.45. The Kier molecular flexibility index (Phi) is 4.02. The number of aromatic nitrogens is 1. The van der Waals surface area contributed by atoms with E-state index in [1.165, 1.54) is 5.56 Å². The van der Waals surface area contributed by atoms with Crippen molar-refractivity contribution >= 4 is 22.7 Å². The highest BCUT2D eigenvalue weighted by atomic mass is 35.5. The zero-order chi connectivity index (χ0) is 12.3. The number of halogens is 1. The first-order chi connectivity index (χ1) is 8.19. The molecule has 1 aromatic carbocycles. The van der Waals surface area contributed by atoms with Crippen LogP contribution in [0.4, 0.5) is 0 Å². The normalized spacial score (nSPS) is 11.5. The van der Waals surface area contributed by atoms with Gasteiger partial charge in [0.2, 0.25) is 0 Å². The van der Waals surface area contributed by atoms with Crippen LogP contribution in [-0.4, -0.2) is 35.9 Å². The highest BCUT2D eigenvalue weighted by Crippen LogP contribution is 2.17. The molecule has 0 unspecified atom stereocenters. The standard InChI is InChI=1S/C13H17ClN2O/c1-10-15-12-9-11(3-4-13(12)17-10)5-7-16(2)8-6-14/h3-4,9H,5-8H2,1-2H3. The number of nitrogens with zero attached hydrogens (tertiary/aromatic N) is 2. The van der Waals surface area contributed by atoms with Crippen LogP contribution in [0.2, 0.25) is 0 Å². The summed E-state index contributed by atoms with van der Waals surface area (Å²) in [5.74, 6) is 1.40. The molecule has 0 N–H and O–H groups in total. The first-order valence-corrected chi connectivity index (χ1v) is 6.33. The third-order valence-corrected chi connectivity index (χ3v) is 2.98. The molecule has 2 rings (SSSR count). The summed E-state index contributed by atoms with van der Waals surface area (Å²) in [6.07, 6.45) is 1.01. The summed E-state index contributed by atoms with van der Waals surface area (Å²) in [7, 11) is 2.08. The first kappa shape index (κ1) is 12.4. The summed E-state index contributed by atoms with van der Waals surface area (Å²) in [6.45, 7) is 3.80. The summed E-state index contributed by atoms with van der Waals surface area (Å²) in [4.78, 5) is 6.56. The van der Waals surface area contributed by atoms with Gasteiger partial charge in [0.05, 0.1) is 0 Å². The lowest BCUT2D eigenvalue weighted by atomic mass is 10.1. The van der Waals surface area contributed by atoms with Crippen LogP contribution in [0, 0.1) is 6.92 Å². The lowest BCUT2D eigenvalue weighted by Crippen LogP contribution is -2.23. The number of rotatable bonds is 5. The Bertz CT molecular complexity index is 495. The summed E-state index contributed by atoms with van der Waals surface area (Å²) in [5, 5.41) is 0. The first-order valence-electron chi connectivity index (χ1n) is 5.79. The van der Waals surface area contributed by atoms with Gasteiger partial charge in [-0.1, -0.05) is 6.07 Å². The van der Waals surface area contributed by atoms with E-state index in [2.05, 4.69) is 29.1 Å². The number of hydrogen-bond donors (Lipinski definition) is 0. The Labute approximate surface area is 106 Å². The molecule has 92 valence electrons. The lowest BCUT2D eigenvalue weighted by molar-refractivity contribution is 0.359. The molecule has 0 bridgehead atoms. The minimum Gasteiger partial charge on any atom is -0.441 e. The maximum Gasteiger partial charge on any atom is 0.192 e. The van der Waals surface area contributed by atoms with E-state index in [1.54, 1.807) is 0 Å². The lowest BCUT2D eigenvalue weighted by Gasteiger charge is -2.14. The predicted molar refractivity (Wildman–Crippen MR) is 70.7 cm³/mol. The van der Waals surface area contributed by atoms with E-state index in [4.69, 9.17) is 16.0 Å². The van der Waals surface area contributed by atoms with Gasteiger partial charge in [-0.05, 0) is 31.2 Å². The van der Waals surface area contributed by atoms with Gasteiger partial charge in [-0.2, -0.15) is 0 Å². The highest BCUT2D eigenvalue weighted by molar-refractivity contribution is 6.18. The molecule has 0 saturated heterocycles. The van der Waals surface area contributed by atoms with E-state index >= 15 is 0 Å². The monoisotopic (exact) mass is 252 g/mol. The van der Waals surface area contributed by atoms with Crippen molar-refractivity contribution in [2.75, 3.05) is 26.0 Å². The Morgan fingerprint density at radius 2 is 2.18 bits per heavy atom. The molecule has 2 aromatic rings. The van der Waals surface area contributed by atoms with Gasteiger partial charge in [-0.15, -0.1) is 11.6 Å². The third kappa shape index (κ3) is 3.20. The minimum absolute atomic E-state index is 0.679. The number of oxazole rings is 1. The smallest absolute Gasteiger partial charge is 0.192 e. The fourth-order valence-electron chi connectivity index (χ4n) is 1.82. The fraction of sp³-hybridized carbons (Fsp3) is 0.462. The highest BCUT2D eigenvalue weighted by Gasteiger charge is 2.04. The van der Waals surface area contributed by atoms with E-state index in [0.717, 1.165) is 36.5 Å². The van der Waals surface area contributed by atoms with Gasteiger partial charge >= 0.3 is 0 Å². The van der Waals surface area contributed by atoms with Gasteiger partial charge in [-0.3, -0.25) is 0 Å². The molecular formula is C13H17ClN2O. The van der Waals surface area contributed by atoms with Crippen LogP contribution in [-0.2, 0) is 6.42 Å². The number of aryl methyl sites for hydroxylation is 1. The average molecular weight is 253 g/mol. The molecule has 0 fully saturated rings. The molecule has 0 amide bonds. The second-order valence-corrected chi connectivity index (χ2v) is 4.66. The van der Waals surface area contributed by atoms with E-state index in [9.17, 15) is 0 Å². The quantitative estimate of drug-likeness (QED) is 0.767. The fourth-order valence-corrected chi connectivity index (χ4v) is 2.11. The molecule has 0 atom stereocenters. The molecule has 0 spiro atoms. The molecule has 0 aliphatic carbocycles. The summed E-state index contributed by atoms with van der Waals surface area (Å²) in [6, 6.07) is 6.19. The number of alkyl halides is 1. The molecule has 0 aliphatic heterocycles.